The monoisotopic (exact) mass is 366 g/mol. The lowest BCUT2D eigenvalue weighted by atomic mass is 10.1. The lowest BCUT2D eigenvalue weighted by Crippen LogP contribution is -2.32. The number of esters is 1. The summed E-state index contributed by atoms with van der Waals surface area (Å²) in [6, 6.07) is 15.7. The molecule has 2 rings (SSSR count). The molecule has 1 amide bonds. The first-order chi connectivity index (χ1) is 12.8. The number of carbonyl (C=O) groups excluding carboxylic acids is 2. The highest BCUT2D eigenvalue weighted by molar-refractivity contribution is 5.89. The highest BCUT2D eigenvalue weighted by Gasteiger charge is 2.15. The topological polar surface area (TPSA) is 88.4 Å². The van der Waals surface area contributed by atoms with Gasteiger partial charge in [0, 0.05) is 6.54 Å². The summed E-state index contributed by atoms with van der Waals surface area (Å²) in [5, 5.41) is 11.4. The maximum absolute atomic E-state index is 12.1. The average Bonchev–Trinajstić information content (AvgIpc) is 2.64. The molecular weight excluding hydrogens is 344 g/mol. The van der Waals surface area contributed by atoms with Crippen molar-refractivity contribution in [1.29, 1.82) is 5.26 Å². The van der Waals surface area contributed by atoms with Crippen molar-refractivity contribution in [3.63, 3.8) is 0 Å². The van der Waals surface area contributed by atoms with E-state index in [1.54, 1.807) is 69.3 Å². The molecule has 140 valence electrons. The fraction of sp³-hybridized carbons (Fsp3) is 0.286. The van der Waals surface area contributed by atoms with E-state index < -0.39 is 17.7 Å². The Morgan fingerprint density at radius 2 is 1.59 bits per heavy atom. The van der Waals surface area contributed by atoms with Gasteiger partial charge in [0.15, 0.2) is 0 Å². The predicted octanol–water partition coefficient (Wildman–Crippen LogP) is 3.94. The van der Waals surface area contributed by atoms with E-state index in [0.29, 0.717) is 17.7 Å². The van der Waals surface area contributed by atoms with E-state index in [4.69, 9.17) is 14.7 Å². The summed E-state index contributed by atoms with van der Waals surface area (Å²) in [5.74, 6) is -0.439. The van der Waals surface area contributed by atoms with Crippen molar-refractivity contribution < 1.29 is 19.1 Å². The van der Waals surface area contributed by atoms with Gasteiger partial charge < -0.3 is 14.8 Å². The zero-order chi connectivity index (χ0) is 19.9. The van der Waals surface area contributed by atoms with E-state index in [0.717, 1.165) is 11.1 Å². The third kappa shape index (κ3) is 6.83. The van der Waals surface area contributed by atoms with Gasteiger partial charge in [0.2, 0.25) is 0 Å². The van der Waals surface area contributed by atoms with Gasteiger partial charge >= 0.3 is 12.1 Å². The average molecular weight is 366 g/mol. The predicted molar refractivity (Wildman–Crippen MR) is 99.8 cm³/mol. The molecule has 0 saturated carbocycles. The van der Waals surface area contributed by atoms with E-state index in [2.05, 4.69) is 5.32 Å². The van der Waals surface area contributed by atoms with Gasteiger partial charge in [0.05, 0.1) is 17.2 Å². The van der Waals surface area contributed by atoms with E-state index in [1.165, 1.54) is 0 Å². The number of nitrogens with zero attached hydrogens (tertiary/aromatic N) is 1. The summed E-state index contributed by atoms with van der Waals surface area (Å²) in [6.45, 7) is 5.82. The molecule has 0 aromatic heterocycles. The second kappa shape index (κ2) is 8.86. The zero-order valence-corrected chi connectivity index (χ0v) is 15.6. The first-order valence-corrected chi connectivity index (χ1v) is 8.49. The smallest absolute Gasteiger partial charge is 0.407 e. The Bertz CT molecular complexity index is 828. The Balaban J connectivity index is 1.84. The number of carbonyl (C=O) groups is 2. The minimum Gasteiger partial charge on any atom is -0.457 e. The number of alkyl carbamates (subject to hydrolysis) is 1. The summed E-state index contributed by atoms with van der Waals surface area (Å²) in [6.07, 6.45) is -0.492. The van der Waals surface area contributed by atoms with Crippen molar-refractivity contribution in [1.82, 2.24) is 5.32 Å². The van der Waals surface area contributed by atoms with Crippen molar-refractivity contribution >= 4 is 12.1 Å². The number of nitrogens with one attached hydrogen (secondary N) is 1. The van der Waals surface area contributed by atoms with E-state index >= 15 is 0 Å². The van der Waals surface area contributed by atoms with Crippen molar-refractivity contribution in [2.45, 2.75) is 39.5 Å². The van der Waals surface area contributed by atoms with E-state index in [9.17, 15) is 9.59 Å². The Morgan fingerprint density at radius 3 is 2.15 bits per heavy atom. The molecule has 0 aliphatic rings. The minimum absolute atomic E-state index is 0.131. The maximum atomic E-state index is 12.1. The van der Waals surface area contributed by atoms with Gasteiger partial charge in [0.1, 0.15) is 12.2 Å². The van der Waals surface area contributed by atoms with Crippen molar-refractivity contribution in [2.24, 2.45) is 0 Å². The van der Waals surface area contributed by atoms with Crippen LogP contribution in [0.25, 0.3) is 0 Å². The van der Waals surface area contributed by atoms with Crippen LogP contribution in [0.3, 0.4) is 0 Å². The molecule has 6 heteroatoms. The van der Waals surface area contributed by atoms with Gasteiger partial charge in [-0.15, -0.1) is 0 Å². The molecule has 0 heterocycles. The molecule has 27 heavy (non-hydrogen) atoms. The van der Waals surface area contributed by atoms with Crippen molar-refractivity contribution in [2.75, 3.05) is 0 Å². The standard InChI is InChI=1S/C21H22N2O4/c1-21(2,3)27-20(25)23-13-16-8-10-18(11-9-16)19(24)26-14-17-6-4-15(12-22)5-7-17/h4-11H,13-14H2,1-3H3,(H,23,25). The number of rotatable bonds is 5. The number of ether oxygens (including phenoxy) is 2. The number of benzene rings is 2. The number of hydrogen-bond donors (Lipinski definition) is 1. The summed E-state index contributed by atoms with van der Waals surface area (Å²) in [4.78, 5) is 23.8. The molecule has 0 bridgehead atoms. The highest BCUT2D eigenvalue weighted by Crippen LogP contribution is 2.10. The van der Waals surface area contributed by atoms with Crippen LogP contribution in [0, 0.1) is 11.3 Å². The first-order valence-electron chi connectivity index (χ1n) is 8.49. The van der Waals surface area contributed by atoms with Gasteiger partial charge in [0.25, 0.3) is 0 Å². The molecule has 0 unspecified atom stereocenters. The van der Waals surface area contributed by atoms with Crippen LogP contribution in [-0.2, 0) is 22.6 Å². The Labute approximate surface area is 158 Å². The molecule has 6 nitrogen and oxygen atoms in total. The van der Waals surface area contributed by atoms with Crippen LogP contribution in [0.1, 0.15) is 47.8 Å². The number of hydrogen-bond acceptors (Lipinski definition) is 5. The molecule has 1 N–H and O–H groups in total. The van der Waals surface area contributed by atoms with Crippen LogP contribution in [0.4, 0.5) is 4.79 Å². The highest BCUT2D eigenvalue weighted by atomic mass is 16.6. The number of nitriles is 1. The van der Waals surface area contributed by atoms with Crippen LogP contribution in [0.5, 0.6) is 0 Å². The molecule has 0 spiro atoms. The molecule has 0 aliphatic carbocycles. The second-order valence-electron chi connectivity index (χ2n) is 6.94. The third-order valence-electron chi connectivity index (χ3n) is 3.48. The summed E-state index contributed by atoms with van der Waals surface area (Å²) >= 11 is 0. The summed E-state index contributed by atoms with van der Waals surface area (Å²) in [5.41, 5.74) is 2.07. The van der Waals surface area contributed by atoms with Gasteiger partial charge in [-0.05, 0) is 56.2 Å². The van der Waals surface area contributed by atoms with Crippen LogP contribution < -0.4 is 5.32 Å². The van der Waals surface area contributed by atoms with Gasteiger partial charge in [-0.3, -0.25) is 0 Å². The maximum Gasteiger partial charge on any atom is 0.407 e. The molecule has 2 aromatic rings. The van der Waals surface area contributed by atoms with Crippen molar-refractivity contribution in [3.05, 3.63) is 70.8 Å². The Hall–Kier alpha value is -3.33. The zero-order valence-electron chi connectivity index (χ0n) is 15.6. The van der Waals surface area contributed by atoms with Gasteiger partial charge in [-0.2, -0.15) is 5.26 Å². The van der Waals surface area contributed by atoms with E-state index in [1.807, 2.05) is 6.07 Å². The Morgan fingerprint density at radius 1 is 1.00 bits per heavy atom. The van der Waals surface area contributed by atoms with Crippen LogP contribution in [0.2, 0.25) is 0 Å². The largest absolute Gasteiger partial charge is 0.457 e. The lowest BCUT2D eigenvalue weighted by molar-refractivity contribution is 0.0470. The molecule has 0 atom stereocenters. The van der Waals surface area contributed by atoms with Crippen LogP contribution in [0.15, 0.2) is 48.5 Å². The fourth-order valence-electron chi connectivity index (χ4n) is 2.15. The molecule has 0 radical (unpaired) electrons. The normalized spacial score (nSPS) is 10.6. The molecule has 0 aliphatic heterocycles. The first kappa shape index (κ1) is 20.0. The second-order valence-corrected chi connectivity index (χ2v) is 6.94. The quantitative estimate of drug-likeness (QED) is 0.810. The van der Waals surface area contributed by atoms with E-state index in [-0.39, 0.29) is 6.61 Å². The molecule has 0 saturated heterocycles. The molecular formula is C21H22N2O4. The van der Waals surface area contributed by atoms with Crippen LogP contribution in [-0.4, -0.2) is 17.7 Å². The fourth-order valence-corrected chi connectivity index (χ4v) is 2.15. The molecule has 0 fully saturated rings. The summed E-state index contributed by atoms with van der Waals surface area (Å²) < 4.78 is 10.4. The van der Waals surface area contributed by atoms with Gasteiger partial charge in [-0.25, -0.2) is 9.59 Å². The SMILES string of the molecule is CC(C)(C)OC(=O)NCc1ccc(C(=O)OCc2ccc(C#N)cc2)cc1. The summed E-state index contributed by atoms with van der Waals surface area (Å²) in [7, 11) is 0. The number of amides is 1. The minimum atomic E-state index is -0.549. The van der Waals surface area contributed by atoms with Crippen molar-refractivity contribution in [3.8, 4) is 6.07 Å². The third-order valence-corrected chi connectivity index (χ3v) is 3.48. The van der Waals surface area contributed by atoms with Crippen LogP contribution >= 0.6 is 0 Å². The molecule has 2 aromatic carbocycles. The lowest BCUT2D eigenvalue weighted by Gasteiger charge is -2.19. The Kier molecular flexibility index (Phi) is 6.56. The van der Waals surface area contributed by atoms with Gasteiger partial charge in [-0.1, -0.05) is 24.3 Å².